The van der Waals surface area contributed by atoms with Crippen LogP contribution in [0.1, 0.15) is 111 Å². The number of para-hydroxylation sites is 2. The third kappa shape index (κ3) is 6.38. The molecule has 7 aromatic carbocycles. The fourth-order valence-electron chi connectivity index (χ4n) is 9.84. The molecule has 0 amide bonds. The number of fused-ring (bicyclic) bond motifs is 11. The van der Waals surface area contributed by atoms with Crippen molar-refractivity contribution >= 4 is 65.4 Å². The molecule has 314 valence electrons. The Morgan fingerprint density at radius 2 is 0.746 bits per heavy atom. The van der Waals surface area contributed by atoms with E-state index in [-0.39, 0.29) is 21.7 Å². The molecule has 3 aromatic heterocycles. The van der Waals surface area contributed by atoms with Gasteiger partial charge in [0.25, 0.3) is 0 Å². The number of nitrogens with zero attached hydrogens (tertiary/aromatic N) is 4. The average molecular weight is 823 g/mol. The Morgan fingerprint density at radius 1 is 0.349 bits per heavy atom. The Bertz CT molecular complexity index is 3480. The van der Waals surface area contributed by atoms with Crippen molar-refractivity contribution < 1.29 is 0 Å². The summed E-state index contributed by atoms with van der Waals surface area (Å²) in [5.74, 6) is 0. The summed E-state index contributed by atoms with van der Waals surface area (Å²) in [4.78, 5) is 0. The molecule has 0 fully saturated rings. The molecule has 63 heavy (non-hydrogen) atoms. The first kappa shape index (κ1) is 40.5. The van der Waals surface area contributed by atoms with Crippen molar-refractivity contribution in [3.63, 3.8) is 0 Å². The summed E-state index contributed by atoms with van der Waals surface area (Å²) in [6.07, 6.45) is 0. The van der Waals surface area contributed by atoms with Crippen molar-refractivity contribution in [1.29, 1.82) is 5.26 Å². The maximum atomic E-state index is 10.00. The quantitative estimate of drug-likeness (QED) is 0.175. The molecule has 10 aromatic rings. The molecule has 3 heterocycles. The molecule has 0 bridgehead atoms. The number of benzene rings is 7. The SMILES string of the molecule is CC(C)(C)c1cc(-n2c3ccccc3c3c2ccc2c4ccc5c(c6ccccc6n5-c5cccc(C#N)c5)c4n(-c4cc(C(C)(C)C)cc(C(C)(C)C)c4)c23)cc(C(C)(C)C)c1. The van der Waals surface area contributed by atoms with Crippen molar-refractivity contribution in [3.8, 4) is 23.1 Å². The fraction of sp³-hybridized carbons (Fsp3) is 0.271. The van der Waals surface area contributed by atoms with Crippen LogP contribution < -0.4 is 0 Å². The van der Waals surface area contributed by atoms with Crippen LogP contribution in [0.25, 0.3) is 82.5 Å². The molecule has 0 atom stereocenters. The van der Waals surface area contributed by atoms with Crippen LogP contribution in [0.3, 0.4) is 0 Å². The van der Waals surface area contributed by atoms with Crippen LogP contribution in [0.5, 0.6) is 0 Å². The van der Waals surface area contributed by atoms with Gasteiger partial charge in [-0.15, -0.1) is 0 Å². The van der Waals surface area contributed by atoms with Crippen LogP contribution in [0, 0.1) is 11.3 Å². The molecular weight excluding hydrogens is 765 g/mol. The van der Waals surface area contributed by atoms with Gasteiger partial charge in [-0.2, -0.15) is 5.26 Å². The summed E-state index contributed by atoms with van der Waals surface area (Å²) in [6, 6.07) is 52.1. The molecule has 10 rings (SSSR count). The van der Waals surface area contributed by atoms with E-state index in [1.807, 2.05) is 18.2 Å². The van der Waals surface area contributed by atoms with E-state index in [1.165, 1.54) is 82.3 Å². The minimum absolute atomic E-state index is 0.0300. The van der Waals surface area contributed by atoms with Crippen LogP contribution in [0.15, 0.2) is 133 Å². The summed E-state index contributed by atoms with van der Waals surface area (Å²) in [5.41, 5.74) is 16.0. The van der Waals surface area contributed by atoms with Gasteiger partial charge in [0, 0.05) is 49.4 Å². The van der Waals surface area contributed by atoms with E-state index in [0.717, 1.165) is 22.4 Å². The van der Waals surface area contributed by atoms with Crippen molar-refractivity contribution in [1.82, 2.24) is 13.7 Å². The van der Waals surface area contributed by atoms with Gasteiger partial charge in [0.05, 0.1) is 44.7 Å². The Labute approximate surface area is 372 Å². The molecule has 0 N–H and O–H groups in total. The van der Waals surface area contributed by atoms with Crippen LogP contribution in [0.2, 0.25) is 0 Å². The average Bonchev–Trinajstić information content (AvgIpc) is 3.87. The van der Waals surface area contributed by atoms with E-state index in [2.05, 4.69) is 218 Å². The largest absolute Gasteiger partial charge is 0.309 e. The standard InChI is InChI=1S/C59H58N4/c1-56(2,3)37-29-38(57(4,5)6)32-42(31-37)62-49-23-16-14-21-47(49)53-51(62)27-25-45-44-24-26-50-52(46-20-13-15-22-48(46)61(50)41-19-17-18-36(28-41)35-60)54(44)63(55(45)53)43-33-39(58(7,8)9)30-40(34-43)59(10,11)12/h13-34H,1-12H3. The summed E-state index contributed by atoms with van der Waals surface area (Å²) >= 11 is 0. The lowest BCUT2D eigenvalue weighted by Gasteiger charge is -2.27. The van der Waals surface area contributed by atoms with Gasteiger partial charge in [-0.3, -0.25) is 0 Å². The zero-order valence-electron chi connectivity index (χ0n) is 39.0. The third-order valence-corrected chi connectivity index (χ3v) is 13.4. The highest BCUT2D eigenvalue weighted by Gasteiger charge is 2.28. The molecule has 4 heteroatoms. The summed E-state index contributed by atoms with van der Waals surface area (Å²) in [5, 5.41) is 17.3. The molecule has 0 unspecified atom stereocenters. The van der Waals surface area contributed by atoms with Gasteiger partial charge in [-0.25, -0.2) is 0 Å². The van der Waals surface area contributed by atoms with Gasteiger partial charge in [0.2, 0.25) is 0 Å². The van der Waals surface area contributed by atoms with Gasteiger partial charge < -0.3 is 13.7 Å². The number of hydrogen-bond donors (Lipinski definition) is 0. The maximum Gasteiger partial charge on any atom is 0.0992 e. The van der Waals surface area contributed by atoms with Gasteiger partial charge in [0.1, 0.15) is 0 Å². The predicted molar refractivity (Wildman–Crippen MR) is 269 cm³/mol. The second-order valence-electron chi connectivity index (χ2n) is 22.0. The van der Waals surface area contributed by atoms with E-state index >= 15 is 0 Å². The van der Waals surface area contributed by atoms with Crippen molar-refractivity contribution in [2.24, 2.45) is 0 Å². The number of aromatic nitrogens is 3. The highest BCUT2D eigenvalue weighted by Crippen LogP contribution is 2.47. The van der Waals surface area contributed by atoms with E-state index in [0.29, 0.717) is 5.56 Å². The molecule has 0 saturated carbocycles. The Kier molecular flexibility index (Phi) is 8.82. The van der Waals surface area contributed by atoms with E-state index in [4.69, 9.17) is 0 Å². The summed E-state index contributed by atoms with van der Waals surface area (Å²) < 4.78 is 7.48. The molecule has 0 saturated heterocycles. The van der Waals surface area contributed by atoms with Crippen LogP contribution in [-0.2, 0) is 21.7 Å². The summed E-state index contributed by atoms with van der Waals surface area (Å²) in [7, 11) is 0. The first-order valence-corrected chi connectivity index (χ1v) is 22.5. The van der Waals surface area contributed by atoms with E-state index < -0.39 is 0 Å². The van der Waals surface area contributed by atoms with Gasteiger partial charge in [0.15, 0.2) is 0 Å². The first-order valence-electron chi connectivity index (χ1n) is 22.5. The van der Waals surface area contributed by atoms with Crippen LogP contribution in [-0.4, -0.2) is 13.7 Å². The molecule has 0 aliphatic carbocycles. The van der Waals surface area contributed by atoms with E-state index in [1.54, 1.807) is 0 Å². The lowest BCUT2D eigenvalue weighted by atomic mass is 9.80. The smallest absolute Gasteiger partial charge is 0.0992 e. The second kappa shape index (κ2) is 13.7. The highest BCUT2D eigenvalue weighted by atomic mass is 15.0. The topological polar surface area (TPSA) is 38.6 Å². The van der Waals surface area contributed by atoms with Crippen molar-refractivity contribution in [2.75, 3.05) is 0 Å². The second-order valence-corrected chi connectivity index (χ2v) is 22.0. The van der Waals surface area contributed by atoms with Crippen LogP contribution >= 0.6 is 0 Å². The first-order chi connectivity index (χ1) is 29.7. The molecule has 0 radical (unpaired) electrons. The lowest BCUT2D eigenvalue weighted by molar-refractivity contribution is 0.567. The zero-order valence-corrected chi connectivity index (χ0v) is 39.0. The Morgan fingerprint density at radius 3 is 1.16 bits per heavy atom. The Hall–Kier alpha value is -6.57. The van der Waals surface area contributed by atoms with Gasteiger partial charge in [-0.1, -0.05) is 150 Å². The molecule has 0 aliphatic rings. The predicted octanol–water partition coefficient (Wildman–Crippen LogP) is 16.0. The maximum absolute atomic E-state index is 10.00. The summed E-state index contributed by atoms with van der Waals surface area (Å²) in [6.45, 7) is 27.9. The van der Waals surface area contributed by atoms with Gasteiger partial charge >= 0.3 is 0 Å². The molecule has 4 nitrogen and oxygen atoms in total. The van der Waals surface area contributed by atoms with Gasteiger partial charge in [-0.05, 0) is 111 Å². The monoisotopic (exact) mass is 822 g/mol. The lowest BCUT2D eigenvalue weighted by Crippen LogP contribution is -2.17. The number of rotatable bonds is 3. The minimum Gasteiger partial charge on any atom is -0.309 e. The number of hydrogen-bond acceptors (Lipinski definition) is 1. The third-order valence-electron chi connectivity index (χ3n) is 13.4. The van der Waals surface area contributed by atoms with Crippen LogP contribution in [0.4, 0.5) is 0 Å². The highest BCUT2D eigenvalue weighted by molar-refractivity contribution is 6.31. The minimum atomic E-state index is -0.0833. The normalized spacial score (nSPS) is 13.1. The Balaban J connectivity index is 1.45. The molecule has 0 aliphatic heterocycles. The van der Waals surface area contributed by atoms with Crippen molar-refractivity contribution in [2.45, 2.75) is 105 Å². The van der Waals surface area contributed by atoms with Crippen molar-refractivity contribution in [3.05, 3.63) is 161 Å². The molecule has 0 spiro atoms. The number of nitriles is 1. The molecular formula is C59H58N4. The zero-order chi connectivity index (χ0) is 44.5. The van der Waals surface area contributed by atoms with E-state index in [9.17, 15) is 5.26 Å². The fourth-order valence-corrected chi connectivity index (χ4v) is 9.84.